The van der Waals surface area contributed by atoms with Gasteiger partial charge in [0.2, 0.25) is 0 Å². The van der Waals surface area contributed by atoms with Crippen LogP contribution in [0.4, 0.5) is 0 Å². The molecule has 0 N–H and O–H groups in total. The van der Waals surface area contributed by atoms with Crippen molar-refractivity contribution in [3.8, 4) is 0 Å². The summed E-state index contributed by atoms with van der Waals surface area (Å²) in [6.07, 6.45) is 5.77. The van der Waals surface area contributed by atoms with Crippen LogP contribution in [0.15, 0.2) is 21.7 Å². The summed E-state index contributed by atoms with van der Waals surface area (Å²) in [5.41, 5.74) is 0. The molecule has 1 aliphatic carbocycles. The number of halogens is 2. The first kappa shape index (κ1) is 16.2. The number of hydrogen-bond donors (Lipinski definition) is 0. The van der Waals surface area contributed by atoms with Gasteiger partial charge in [-0.05, 0) is 25.8 Å². The van der Waals surface area contributed by atoms with Gasteiger partial charge in [-0.1, -0.05) is 33.6 Å². The molecule has 0 bridgehead atoms. The summed E-state index contributed by atoms with van der Waals surface area (Å²) in [5, 5.41) is 0.690. The van der Waals surface area contributed by atoms with E-state index in [1.807, 2.05) is 13.0 Å². The molecule has 0 aromatic rings. The van der Waals surface area contributed by atoms with Crippen LogP contribution in [-0.4, -0.2) is 33.5 Å². The third-order valence-corrected chi connectivity index (χ3v) is 3.93. The smallest absolute Gasteiger partial charge is 0.264 e. The minimum atomic E-state index is -3.37. The molecule has 18 heavy (non-hydrogen) atoms. The molecule has 1 rings (SSSR count). The molecule has 0 saturated carbocycles. The molecule has 0 saturated heterocycles. The fourth-order valence-corrected chi connectivity index (χ4v) is 2.73. The first-order chi connectivity index (χ1) is 8.28. The van der Waals surface area contributed by atoms with Gasteiger partial charge in [0.1, 0.15) is 0 Å². The molecule has 0 aliphatic heterocycles. The lowest BCUT2D eigenvalue weighted by molar-refractivity contribution is 0.0129. The van der Waals surface area contributed by atoms with Gasteiger partial charge in [0.15, 0.2) is 0 Å². The average Bonchev–Trinajstić information content (AvgIpc) is 2.20. The van der Waals surface area contributed by atoms with Crippen LogP contribution in [0.25, 0.3) is 0 Å². The highest BCUT2D eigenvalue weighted by atomic mass is 79.9. The Kier molecular flexibility index (Phi) is 6.34. The van der Waals surface area contributed by atoms with Crippen molar-refractivity contribution in [1.82, 2.24) is 0 Å². The van der Waals surface area contributed by atoms with Crippen LogP contribution in [0.3, 0.4) is 0 Å². The Morgan fingerprint density at radius 3 is 2.83 bits per heavy atom. The molecule has 2 atom stereocenters. The minimum absolute atomic E-state index is 0.0688. The van der Waals surface area contributed by atoms with Crippen molar-refractivity contribution in [3.05, 3.63) is 21.7 Å². The lowest BCUT2D eigenvalue weighted by atomic mass is 10.1. The highest BCUT2D eigenvalue weighted by molar-refractivity contribution is 9.11. The number of ether oxygens (including phenoxy) is 1. The SMILES string of the molecule is C[C@H](CCOS(C)(=O)=O)OC1CC=C(Cl)C=C1Br. The molecule has 7 heteroatoms. The zero-order chi connectivity index (χ0) is 13.8. The maximum absolute atomic E-state index is 10.8. The third kappa shape index (κ3) is 6.33. The van der Waals surface area contributed by atoms with Crippen LogP contribution in [0, 0.1) is 0 Å². The molecule has 4 nitrogen and oxygen atoms in total. The molecule has 0 amide bonds. The molecule has 0 spiro atoms. The first-order valence-electron chi connectivity index (χ1n) is 5.50. The van der Waals surface area contributed by atoms with Crippen molar-refractivity contribution in [1.29, 1.82) is 0 Å². The van der Waals surface area contributed by atoms with Crippen molar-refractivity contribution in [2.45, 2.75) is 32.0 Å². The fourth-order valence-electron chi connectivity index (χ4n) is 1.45. The maximum atomic E-state index is 10.8. The van der Waals surface area contributed by atoms with Crippen LogP contribution in [0.2, 0.25) is 0 Å². The first-order valence-corrected chi connectivity index (χ1v) is 8.49. The van der Waals surface area contributed by atoms with Gasteiger partial charge >= 0.3 is 0 Å². The van der Waals surface area contributed by atoms with E-state index in [4.69, 9.17) is 16.3 Å². The molecule has 0 radical (unpaired) electrons. The topological polar surface area (TPSA) is 52.6 Å². The molecule has 0 aromatic heterocycles. The summed E-state index contributed by atoms with van der Waals surface area (Å²) in [6.45, 7) is 2.01. The predicted molar refractivity (Wildman–Crippen MR) is 75.3 cm³/mol. The number of hydrogen-bond acceptors (Lipinski definition) is 4. The lowest BCUT2D eigenvalue weighted by Crippen LogP contribution is -2.22. The molecular weight excluding hydrogens is 344 g/mol. The molecular formula is C11H16BrClO4S. The molecule has 1 aliphatic rings. The Morgan fingerprint density at radius 2 is 2.28 bits per heavy atom. The zero-order valence-corrected chi connectivity index (χ0v) is 13.4. The summed E-state index contributed by atoms with van der Waals surface area (Å²) in [5.74, 6) is 0. The second-order valence-electron chi connectivity index (χ2n) is 4.10. The van der Waals surface area contributed by atoms with Crippen molar-refractivity contribution >= 4 is 37.6 Å². The second-order valence-corrected chi connectivity index (χ2v) is 7.10. The Balaban J connectivity index is 2.33. The van der Waals surface area contributed by atoms with Gasteiger partial charge in [-0.15, -0.1) is 0 Å². The standard InChI is InChI=1S/C11H16BrClO4S/c1-8(5-6-16-18(2,14)15)17-11-4-3-9(13)7-10(11)12/h3,7-8,11H,4-6H2,1-2H3/t8-,11?/m1/s1. The van der Waals surface area contributed by atoms with Crippen molar-refractivity contribution in [2.75, 3.05) is 12.9 Å². The molecule has 0 aromatic carbocycles. The summed E-state index contributed by atoms with van der Waals surface area (Å²) in [6, 6.07) is 0. The Bertz CT molecular complexity index is 444. The van der Waals surface area contributed by atoms with Gasteiger partial charge in [0, 0.05) is 9.51 Å². The number of allylic oxidation sites excluding steroid dienone is 2. The van der Waals surface area contributed by atoms with Gasteiger partial charge in [-0.3, -0.25) is 4.18 Å². The minimum Gasteiger partial charge on any atom is -0.370 e. The maximum Gasteiger partial charge on any atom is 0.264 e. The largest absolute Gasteiger partial charge is 0.370 e. The summed E-state index contributed by atoms with van der Waals surface area (Å²) >= 11 is 9.27. The van der Waals surface area contributed by atoms with E-state index in [1.54, 1.807) is 6.08 Å². The van der Waals surface area contributed by atoms with E-state index in [-0.39, 0.29) is 18.8 Å². The van der Waals surface area contributed by atoms with E-state index in [9.17, 15) is 8.42 Å². The zero-order valence-electron chi connectivity index (χ0n) is 10.2. The fraction of sp³-hybridized carbons (Fsp3) is 0.636. The van der Waals surface area contributed by atoms with Gasteiger partial charge in [-0.25, -0.2) is 0 Å². The number of rotatable bonds is 6. The van der Waals surface area contributed by atoms with E-state index in [1.165, 1.54) is 0 Å². The van der Waals surface area contributed by atoms with Crippen LogP contribution >= 0.6 is 27.5 Å². The van der Waals surface area contributed by atoms with Gasteiger partial charge < -0.3 is 4.74 Å². The Morgan fingerprint density at radius 1 is 1.61 bits per heavy atom. The van der Waals surface area contributed by atoms with Crippen LogP contribution in [0.1, 0.15) is 19.8 Å². The quantitative estimate of drug-likeness (QED) is 0.684. The monoisotopic (exact) mass is 358 g/mol. The Hall–Kier alpha value is 0.120. The van der Waals surface area contributed by atoms with Crippen LogP contribution in [-0.2, 0) is 19.0 Å². The molecule has 0 fully saturated rings. The van der Waals surface area contributed by atoms with E-state index >= 15 is 0 Å². The summed E-state index contributed by atoms with van der Waals surface area (Å²) in [7, 11) is -3.37. The van der Waals surface area contributed by atoms with Crippen molar-refractivity contribution < 1.29 is 17.3 Å². The highest BCUT2D eigenvalue weighted by Crippen LogP contribution is 2.28. The third-order valence-electron chi connectivity index (χ3n) is 2.33. The van der Waals surface area contributed by atoms with Gasteiger partial charge in [0.25, 0.3) is 10.1 Å². The summed E-state index contributed by atoms with van der Waals surface area (Å²) in [4.78, 5) is 0. The summed E-state index contributed by atoms with van der Waals surface area (Å²) < 4.78 is 32.9. The van der Waals surface area contributed by atoms with E-state index in [0.717, 1.165) is 10.7 Å². The Labute approximate surface area is 121 Å². The molecule has 104 valence electrons. The van der Waals surface area contributed by atoms with E-state index < -0.39 is 10.1 Å². The molecule has 0 heterocycles. The average molecular weight is 360 g/mol. The molecule has 1 unspecified atom stereocenters. The van der Waals surface area contributed by atoms with E-state index in [0.29, 0.717) is 17.9 Å². The van der Waals surface area contributed by atoms with Gasteiger partial charge in [0.05, 0.1) is 25.1 Å². The highest BCUT2D eigenvalue weighted by Gasteiger charge is 2.19. The predicted octanol–water partition coefficient (Wildman–Crippen LogP) is 2.93. The van der Waals surface area contributed by atoms with Crippen LogP contribution < -0.4 is 0 Å². The second kappa shape index (κ2) is 7.05. The lowest BCUT2D eigenvalue weighted by Gasteiger charge is -2.23. The van der Waals surface area contributed by atoms with E-state index in [2.05, 4.69) is 20.1 Å². The normalized spacial score (nSPS) is 22.3. The van der Waals surface area contributed by atoms with Crippen LogP contribution in [0.5, 0.6) is 0 Å². The van der Waals surface area contributed by atoms with Crippen molar-refractivity contribution in [3.63, 3.8) is 0 Å². The van der Waals surface area contributed by atoms with Gasteiger partial charge in [-0.2, -0.15) is 8.42 Å². The van der Waals surface area contributed by atoms with Crippen molar-refractivity contribution in [2.24, 2.45) is 0 Å².